The van der Waals surface area contributed by atoms with Crippen LogP contribution in [0.5, 0.6) is 0 Å². The molecule has 0 N–H and O–H groups in total. The van der Waals surface area contributed by atoms with Gasteiger partial charge in [0.2, 0.25) is 0 Å². The number of carbonyl (C=O) groups excluding carboxylic acids is 1. The van der Waals surface area contributed by atoms with E-state index in [1.165, 1.54) is 4.88 Å². The molecular weight excluding hydrogens is 208 g/mol. The largest absolute Gasteiger partial charge is 0.367 e. The molecule has 0 radical (unpaired) electrons. The van der Waals surface area contributed by atoms with Gasteiger partial charge in [-0.15, -0.1) is 11.3 Å². The molecule has 2 rings (SSSR count). The molecular formula is C12H16O2S. The Morgan fingerprint density at radius 2 is 2.20 bits per heavy atom. The molecule has 2 nitrogen and oxygen atoms in total. The molecule has 15 heavy (non-hydrogen) atoms. The molecule has 82 valence electrons. The molecule has 1 aromatic rings. The predicted octanol–water partition coefficient (Wildman–Crippen LogP) is 3.12. The Labute approximate surface area is 94.3 Å². The summed E-state index contributed by atoms with van der Waals surface area (Å²) in [5.41, 5.74) is 0.858. The van der Waals surface area contributed by atoms with Crippen molar-refractivity contribution in [3.8, 4) is 0 Å². The molecule has 1 aromatic heterocycles. The van der Waals surface area contributed by atoms with Gasteiger partial charge in [-0.2, -0.15) is 0 Å². The highest BCUT2D eigenvalue weighted by atomic mass is 32.1. The van der Waals surface area contributed by atoms with Gasteiger partial charge in [0.05, 0.1) is 6.10 Å². The van der Waals surface area contributed by atoms with Crippen molar-refractivity contribution in [3.05, 3.63) is 21.4 Å². The normalized spacial score (nSPS) is 25.8. The van der Waals surface area contributed by atoms with Crippen molar-refractivity contribution < 1.29 is 9.53 Å². The highest BCUT2D eigenvalue weighted by Gasteiger charge is 2.30. The fourth-order valence-corrected chi connectivity index (χ4v) is 2.97. The molecule has 0 bridgehead atoms. The summed E-state index contributed by atoms with van der Waals surface area (Å²) in [7, 11) is 0. The van der Waals surface area contributed by atoms with Crippen LogP contribution in [0.15, 0.2) is 6.07 Å². The third kappa shape index (κ3) is 2.13. The molecule has 0 amide bonds. The van der Waals surface area contributed by atoms with Crippen LogP contribution < -0.4 is 0 Å². The van der Waals surface area contributed by atoms with Gasteiger partial charge in [-0.05, 0) is 39.7 Å². The number of ketones is 1. The molecule has 1 saturated heterocycles. The average molecular weight is 224 g/mol. The molecule has 2 heterocycles. The first-order chi connectivity index (χ1) is 7.08. The Kier molecular flexibility index (Phi) is 2.94. The zero-order chi connectivity index (χ0) is 11.0. The zero-order valence-electron chi connectivity index (χ0n) is 9.37. The number of hydrogen-bond acceptors (Lipinski definition) is 3. The first kappa shape index (κ1) is 10.8. The molecule has 0 saturated carbocycles. The maximum absolute atomic E-state index is 12.1. The van der Waals surface area contributed by atoms with E-state index < -0.39 is 0 Å². The van der Waals surface area contributed by atoms with Crippen molar-refractivity contribution in [3.63, 3.8) is 0 Å². The van der Waals surface area contributed by atoms with E-state index in [9.17, 15) is 4.79 Å². The second-order valence-electron chi connectivity index (χ2n) is 4.20. The Bertz CT molecular complexity index is 381. The van der Waals surface area contributed by atoms with Crippen molar-refractivity contribution in [2.45, 2.75) is 45.8 Å². The van der Waals surface area contributed by atoms with Crippen molar-refractivity contribution >= 4 is 17.1 Å². The second kappa shape index (κ2) is 4.06. The van der Waals surface area contributed by atoms with Gasteiger partial charge < -0.3 is 4.74 Å². The summed E-state index contributed by atoms with van der Waals surface area (Å²) in [6.07, 6.45) is 1.90. The molecule has 1 fully saturated rings. The molecule has 1 aliphatic heterocycles. The van der Waals surface area contributed by atoms with Gasteiger partial charge in [-0.1, -0.05) is 0 Å². The molecule has 2 atom stereocenters. The van der Waals surface area contributed by atoms with Gasteiger partial charge in [0, 0.05) is 15.3 Å². The fourth-order valence-electron chi connectivity index (χ4n) is 2.04. The summed E-state index contributed by atoms with van der Waals surface area (Å²) in [6, 6.07) is 1.98. The van der Waals surface area contributed by atoms with E-state index in [4.69, 9.17) is 4.74 Å². The van der Waals surface area contributed by atoms with E-state index in [1.54, 1.807) is 11.3 Å². The first-order valence-electron chi connectivity index (χ1n) is 5.34. The molecule has 0 aliphatic carbocycles. The van der Waals surface area contributed by atoms with Gasteiger partial charge in [0.25, 0.3) is 0 Å². The van der Waals surface area contributed by atoms with Gasteiger partial charge in [-0.3, -0.25) is 4.79 Å². The van der Waals surface area contributed by atoms with E-state index in [0.29, 0.717) is 0 Å². The lowest BCUT2D eigenvalue weighted by Crippen LogP contribution is -2.20. The van der Waals surface area contributed by atoms with E-state index in [2.05, 4.69) is 0 Å². The number of Topliss-reactive ketones (excluding diaryl/α,β-unsaturated/α-hetero) is 1. The van der Waals surface area contributed by atoms with Crippen LogP contribution >= 0.6 is 11.3 Å². The Hall–Kier alpha value is -0.670. The molecule has 3 heteroatoms. The van der Waals surface area contributed by atoms with Crippen LogP contribution in [0.4, 0.5) is 0 Å². The maximum Gasteiger partial charge on any atom is 0.192 e. The lowest BCUT2D eigenvalue weighted by Gasteiger charge is -2.09. The third-order valence-electron chi connectivity index (χ3n) is 2.83. The van der Waals surface area contributed by atoms with E-state index in [-0.39, 0.29) is 18.0 Å². The van der Waals surface area contributed by atoms with Crippen LogP contribution in [-0.2, 0) is 4.74 Å². The molecule has 2 unspecified atom stereocenters. The van der Waals surface area contributed by atoms with Gasteiger partial charge >= 0.3 is 0 Å². The smallest absolute Gasteiger partial charge is 0.192 e. The van der Waals surface area contributed by atoms with Crippen molar-refractivity contribution in [2.24, 2.45) is 0 Å². The quantitative estimate of drug-likeness (QED) is 0.721. The van der Waals surface area contributed by atoms with Crippen LogP contribution in [-0.4, -0.2) is 18.0 Å². The minimum absolute atomic E-state index is 0.168. The van der Waals surface area contributed by atoms with Crippen molar-refractivity contribution in [1.29, 1.82) is 0 Å². The highest BCUT2D eigenvalue weighted by molar-refractivity contribution is 7.12. The summed E-state index contributed by atoms with van der Waals surface area (Å²) in [4.78, 5) is 14.4. The van der Waals surface area contributed by atoms with Crippen molar-refractivity contribution in [1.82, 2.24) is 0 Å². The van der Waals surface area contributed by atoms with E-state index in [0.717, 1.165) is 23.3 Å². The monoisotopic (exact) mass is 224 g/mol. The number of hydrogen-bond donors (Lipinski definition) is 0. The number of ether oxygens (including phenoxy) is 1. The summed E-state index contributed by atoms with van der Waals surface area (Å²) in [5.74, 6) is 0.168. The summed E-state index contributed by atoms with van der Waals surface area (Å²) < 4.78 is 5.60. The zero-order valence-corrected chi connectivity index (χ0v) is 10.2. The van der Waals surface area contributed by atoms with E-state index in [1.807, 2.05) is 26.8 Å². The number of rotatable bonds is 2. The second-order valence-corrected chi connectivity index (χ2v) is 5.66. The number of carbonyl (C=O) groups is 1. The molecule has 0 aromatic carbocycles. The molecule has 0 spiro atoms. The average Bonchev–Trinajstić information content (AvgIpc) is 2.71. The van der Waals surface area contributed by atoms with Crippen LogP contribution in [0.1, 0.15) is 39.9 Å². The maximum atomic E-state index is 12.1. The Morgan fingerprint density at radius 3 is 2.67 bits per heavy atom. The lowest BCUT2D eigenvalue weighted by molar-refractivity contribution is 0.0433. The Balaban J connectivity index is 2.17. The number of thiophene rings is 1. The van der Waals surface area contributed by atoms with Crippen LogP contribution in [0, 0.1) is 13.8 Å². The van der Waals surface area contributed by atoms with Gasteiger partial charge in [0.1, 0.15) is 6.10 Å². The van der Waals surface area contributed by atoms with Gasteiger partial charge in [0.15, 0.2) is 5.78 Å². The van der Waals surface area contributed by atoms with Crippen molar-refractivity contribution in [2.75, 3.05) is 0 Å². The summed E-state index contributed by atoms with van der Waals surface area (Å²) in [6.45, 7) is 6.06. The predicted molar refractivity (Wildman–Crippen MR) is 61.7 cm³/mol. The lowest BCUT2D eigenvalue weighted by atomic mass is 10.0. The minimum atomic E-state index is -0.201. The summed E-state index contributed by atoms with van der Waals surface area (Å²) in [5, 5.41) is 0. The highest BCUT2D eigenvalue weighted by Crippen LogP contribution is 2.27. The van der Waals surface area contributed by atoms with Crippen LogP contribution in [0.3, 0.4) is 0 Å². The Morgan fingerprint density at radius 1 is 1.47 bits per heavy atom. The fraction of sp³-hybridized carbons (Fsp3) is 0.583. The van der Waals surface area contributed by atoms with Gasteiger partial charge in [-0.25, -0.2) is 0 Å². The van der Waals surface area contributed by atoms with Crippen LogP contribution in [0.2, 0.25) is 0 Å². The van der Waals surface area contributed by atoms with E-state index >= 15 is 0 Å². The topological polar surface area (TPSA) is 26.3 Å². The summed E-state index contributed by atoms with van der Waals surface area (Å²) >= 11 is 1.68. The SMILES string of the molecule is Cc1cc(C(=O)C2CCC(C)O2)c(C)s1. The third-order valence-corrected chi connectivity index (χ3v) is 3.80. The van der Waals surface area contributed by atoms with Crippen LogP contribution in [0.25, 0.3) is 0 Å². The number of aryl methyl sites for hydroxylation is 2. The standard InChI is InChI=1S/C12H16O2S/c1-7-4-5-11(14-7)12(13)10-6-8(2)15-9(10)3/h6-7,11H,4-5H2,1-3H3. The molecule has 1 aliphatic rings. The minimum Gasteiger partial charge on any atom is -0.367 e. The first-order valence-corrected chi connectivity index (χ1v) is 6.16.